The number of hydrogen-bond donors (Lipinski definition) is 0. The number of nitrogens with zero attached hydrogens (tertiary/aromatic N) is 3. The highest BCUT2D eigenvalue weighted by Crippen LogP contribution is 2.17. The normalized spacial score (nSPS) is 12.8. The molecule has 0 aliphatic heterocycles. The molecule has 1 aromatic carbocycles. The second kappa shape index (κ2) is 8.66. The van der Waals surface area contributed by atoms with Gasteiger partial charge in [0.25, 0.3) is 0 Å². The zero-order chi connectivity index (χ0) is 15.8. The predicted molar refractivity (Wildman–Crippen MR) is 92.9 cm³/mol. The number of hydrogen-bond acceptors (Lipinski definition) is 3. The van der Waals surface area contributed by atoms with Gasteiger partial charge in [-0.3, -0.25) is 9.88 Å². The fourth-order valence-electron chi connectivity index (χ4n) is 2.60. The molecule has 3 nitrogen and oxygen atoms in total. The van der Waals surface area contributed by atoms with Crippen LogP contribution in [0, 0.1) is 0 Å². The zero-order valence-corrected chi connectivity index (χ0v) is 13.9. The largest absolute Gasteiger partial charge is 0.308 e. The molecule has 0 N–H and O–H groups in total. The molecule has 0 radical (unpaired) electrons. The van der Waals surface area contributed by atoms with E-state index in [-0.39, 0.29) is 0 Å². The number of rotatable bonds is 8. The highest BCUT2D eigenvalue weighted by atomic mass is 15.2. The highest BCUT2D eigenvalue weighted by Gasteiger charge is 2.12. The first-order chi connectivity index (χ1) is 10.6. The summed E-state index contributed by atoms with van der Waals surface area (Å²) < 4.78 is 0. The quantitative estimate of drug-likeness (QED) is 0.745. The van der Waals surface area contributed by atoms with Crippen molar-refractivity contribution in [2.45, 2.75) is 19.4 Å². The summed E-state index contributed by atoms with van der Waals surface area (Å²) in [5.74, 6) is 0.533. The van der Waals surface area contributed by atoms with Crippen LogP contribution in [0.25, 0.3) is 0 Å². The fourth-order valence-corrected chi connectivity index (χ4v) is 2.60. The van der Waals surface area contributed by atoms with Crippen LogP contribution in [0.15, 0.2) is 54.9 Å². The molecule has 0 bridgehead atoms. The van der Waals surface area contributed by atoms with Gasteiger partial charge in [0.1, 0.15) is 0 Å². The zero-order valence-electron chi connectivity index (χ0n) is 13.9. The van der Waals surface area contributed by atoms with Gasteiger partial charge in [0.2, 0.25) is 0 Å². The molecular weight excluding hydrogens is 270 g/mol. The topological polar surface area (TPSA) is 19.4 Å². The molecule has 1 heterocycles. The molecule has 0 saturated heterocycles. The number of likely N-dealkylation sites (N-methyl/N-ethyl adjacent to an activating group) is 1. The Hall–Kier alpha value is -1.71. The van der Waals surface area contributed by atoms with Crippen molar-refractivity contribution in [3.8, 4) is 0 Å². The lowest BCUT2D eigenvalue weighted by atomic mass is 10.0. The minimum Gasteiger partial charge on any atom is -0.308 e. The molecule has 1 atom stereocenters. The number of benzene rings is 1. The summed E-state index contributed by atoms with van der Waals surface area (Å²) in [6, 6.07) is 15.0. The molecule has 2 aromatic rings. The Morgan fingerprint density at radius 1 is 0.955 bits per heavy atom. The van der Waals surface area contributed by atoms with E-state index in [0.29, 0.717) is 5.92 Å². The molecule has 0 spiro atoms. The smallest absolute Gasteiger partial charge is 0.0271 e. The van der Waals surface area contributed by atoms with Gasteiger partial charge in [0.15, 0.2) is 0 Å². The molecule has 3 heteroatoms. The van der Waals surface area contributed by atoms with Gasteiger partial charge in [-0.15, -0.1) is 0 Å². The molecule has 0 amide bonds. The van der Waals surface area contributed by atoms with E-state index in [9.17, 15) is 0 Å². The molecule has 0 unspecified atom stereocenters. The average molecular weight is 297 g/mol. The summed E-state index contributed by atoms with van der Waals surface area (Å²) >= 11 is 0. The summed E-state index contributed by atoms with van der Waals surface area (Å²) in [7, 11) is 4.26. The van der Waals surface area contributed by atoms with Gasteiger partial charge in [-0.2, -0.15) is 0 Å². The second-order valence-corrected chi connectivity index (χ2v) is 6.21. The fraction of sp³-hybridized carbons (Fsp3) is 0.421. The molecule has 22 heavy (non-hydrogen) atoms. The third kappa shape index (κ3) is 5.58. The van der Waals surface area contributed by atoms with E-state index in [1.165, 1.54) is 11.1 Å². The standard InChI is InChI=1S/C19H27N3/c1-17(19-7-5-4-6-8-19)15-22(14-13-21(2)3)16-18-9-11-20-12-10-18/h4-12,17H,13-16H2,1-3H3/t17-/m1/s1. The first-order valence-corrected chi connectivity index (χ1v) is 7.96. The van der Waals surface area contributed by atoms with E-state index in [0.717, 1.165) is 26.2 Å². The van der Waals surface area contributed by atoms with Crippen molar-refractivity contribution in [2.24, 2.45) is 0 Å². The van der Waals surface area contributed by atoms with Gasteiger partial charge < -0.3 is 4.90 Å². The van der Waals surface area contributed by atoms with Crippen LogP contribution in [0.5, 0.6) is 0 Å². The van der Waals surface area contributed by atoms with Crippen molar-refractivity contribution < 1.29 is 0 Å². The third-order valence-electron chi connectivity index (χ3n) is 3.92. The van der Waals surface area contributed by atoms with Gasteiger partial charge in [0.05, 0.1) is 0 Å². The lowest BCUT2D eigenvalue weighted by Gasteiger charge is -2.27. The Kier molecular flexibility index (Phi) is 6.56. The summed E-state index contributed by atoms with van der Waals surface area (Å²) in [6.07, 6.45) is 3.75. The van der Waals surface area contributed by atoms with Crippen LogP contribution in [0.2, 0.25) is 0 Å². The average Bonchev–Trinajstić information content (AvgIpc) is 2.54. The van der Waals surface area contributed by atoms with Crippen LogP contribution in [-0.2, 0) is 6.54 Å². The number of aromatic nitrogens is 1. The van der Waals surface area contributed by atoms with Crippen molar-refractivity contribution >= 4 is 0 Å². The predicted octanol–water partition coefficient (Wildman–Crippen LogP) is 3.25. The van der Waals surface area contributed by atoms with Crippen molar-refractivity contribution in [3.05, 3.63) is 66.0 Å². The highest BCUT2D eigenvalue weighted by molar-refractivity contribution is 5.19. The van der Waals surface area contributed by atoms with Crippen LogP contribution in [0.1, 0.15) is 24.0 Å². The molecule has 0 fully saturated rings. The Morgan fingerprint density at radius 2 is 1.64 bits per heavy atom. The van der Waals surface area contributed by atoms with Crippen LogP contribution in [0.3, 0.4) is 0 Å². The van der Waals surface area contributed by atoms with Crippen molar-refractivity contribution in [3.63, 3.8) is 0 Å². The van der Waals surface area contributed by atoms with Gasteiger partial charge in [-0.25, -0.2) is 0 Å². The van der Waals surface area contributed by atoms with E-state index < -0.39 is 0 Å². The summed E-state index contributed by atoms with van der Waals surface area (Å²) in [6.45, 7) is 6.51. The summed E-state index contributed by atoms with van der Waals surface area (Å²) in [4.78, 5) is 8.89. The molecule has 1 aromatic heterocycles. The van der Waals surface area contributed by atoms with Crippen LogP contribution >= 0.6 is 0 Å². The second-order valence-electron chi connectivity index (χ2n) is 6.21. The Bertz CT molecular complexity index is 525. The molecular formula is C19H27N3. The summed E-state index contributed by atoms with van der Waals surface area (Å²) in [5, 5.41) is 0. The van der Waals surface area contributed by atoms with E-state index in [1.54, 1.807) is 0 Å². The monoisotopic (exact) mass is 297 g/mol. The van der Waals surface area contributed by atoms with E-state index in [4.69, 9.17) is 0 Å². The maximum absolute atomic E-state index is 4.11. The van der Waals surface area contributed by atoms with Gasteiger partial charge in [-0.05, 0) is 43.3 Å². The van der Waals surface area contributed by atoms with Gasteiger partial charge in [0, 0.05) is 38.6 Å². The molecule has 0 aliphatic rings. The van der Waals surface area contributed by atoms with E-state index in [2.05, 4.69) is 78.3 Å². The Morgan fingerprint density at radius 3 is 2.27 bits per heavy atom. The minimum atomic E-state index is 0.533. The van der Waals surface area contributed by atoms with Crippen LogP contribution < -0.4 is 0 Å². The van der Waals surface area contributed by atoms with E-state index >= 15 is 0 Å². The van der Waals surface area contributed by atoms with Gasteiger partial charge >= 0.3 is 0 Å². The Labute approximate surface area is 134 Å². The first kappa shape index (κ1) is 16.7. The molecule has 118 valence electrons. The molecule has 0 saturated carbocycles. The number of pyridine rings is 1. The maximum Gasteiger partial charge on any atom is 0.0271 e. The van der Waals surface area contributed by atoms with Crippen molar-refractivity contribution in [1.29, 1.82) is 0 Å². The summed E-state index contributed by atoms with van der Waals surface area (Å²) in [5.41, 5.74) is 2.74. The van der Waals surface area contributed by atoms with Crippen molar-refractivity contribution in [1.82, 2.24) is 14.8 Å². The van der Waals surface area contributed by atoms with Crippen LogP contribution in [-0.4, -0.2) is 48.5 Å². The van der Waals surface area contributed by atoms with Crippen molar-refractivity contribution in [2.75, 3.05) is 33.7 Å². The first-order valence-electron chi connectivity index (χ1n) is 7.96. The van der Waals surface area contributed by atoms with E-state index in [1.807, 2.05) is 12.4 Å². The SMILES string of the molecule is C[C@H](CN(CCN(C)C)Cc1ccncc1)c1ccccc1. The molecule has 0 aliphatic carbocycles. The maximum atomic E-state index is 4.11. The minimum absolute atomic E-state index is 0.533. The van der Waals surface area contributed by atoms with Gasteiger partial charge in [-0.1, -0.05) is 37.3 Å². The lowest BCUT2D eigenvalue weighted by Crippen LogP contribution is -2.34. The Balaban J connectivity index is 2.00. The lowest BCUT2D eigenvalue weighted by molar-refractivity contribution is 0.224. The van der Waals surface area contributed by atoms with Crippen LogP contribution in [0.4, 0.5) is 0 Å². The molecule has 2 rings (SSSR count). The third-order valence-corrected chi connectivity index (χ3v) is 3.92.